The van der Waals surface area contributed by atoms with Crippen LogP contribution in [-0.4, -0.2) is 41.2 Å². The van der Waals surface area contributed by atoms with Gasteiger partial charge in [0.05, 0.1) is 6.04 Å². The molecule has 2 aliphatic rings. The van der Waals surface area contributed by atoms with E-state index >= 15 is 0 Å². The molecule has 0 bridgehead atoms. The molecule has 2 amide bonds. The summed E-state index contributed by atoms with van der Waals surface area (Å²) in [7, 11) is 0. The second-order valence-corrected chi connectivity index (χ2v) is 8.05. The molecule has 0 radical (unpaired) electrons. The summed E-state index contributed by atoms with van der Waals surface area (Å²) in [6.45, 7) is 1.31. The third-order valence-corrected chi connectivity index (χ3v) is 6.08. The zero-order valence-electron chi connectivity index (χ0n) is 15.8. The van der Waals surface area contributed by atoms with Gasteiger partial charge in [0.1, 0.15) is 11.6 Å². The summed E-state index contributed by atoms with van der Waals surface area (Å²) in [6, 6.07) is 10.1. The highest BCUT2D eigenvalue weighted by atomic mass is 35.5. The molecule has 2 unspecified atom stereocenters. The maximum Gasteiger partial charge on any atom is 0.312 e. The molecule has 4 nitrogen and oxygen atoms in total. The van der Waals surface area contributed by atoms with Gasteiger partial charge in [0.25, 0.3) is 0 Å². The van der Waals surface area contributed by atoms with Gasteiger partial charge >= 0.3 is 11.8 Å². The molecule has 0 aliphatic carbocycles. The van der Waals surface area contributed by atoms with Gasteiger partial charge in [0.2, 0.25) is 0 Å². The van der Waals surface area contributed by atoms with Crippen molar-refractivity contribution in [2.75, 3.05) is 19.6 Å². The number of rotatable bonds is 2. The Morgan fingerprint density at radius 3 is 2.48 bits per heavy atom. The van der Waals surface area contributed by atoms with E-state index in [0.717, 1.165) is 30.2 Å². The van der Waals surface area contributed by atoms with Crippen LogP contribution >= 0.6 is 11.6 Å². The summed E-state index contributed by atoms with van der Waals surface area (Å²) >= 11 is 5.93. The minimum Gasteiger partial charge on any atom is -0.334 e. The van der Waals surface area contributed by atoms with Gasteiger partial charge in [-0.05, 0) is 55.2 Å². The Hall–Kier alpha value is -2.47. The van der Waals surface area contributed by atoms with Crippen LogP contribution in [-0.2, 0) is 9.59 Å². The van der Waals surface area contributed by atoms with Crippen molar-refractivity contribution in [3.63, 3.8) is 0 Å². The summed E-state index contributed by atoms with van der Waals surface area (Å²) in [5, 5.41) is 0.652. The van der Waals surface area contributed by atoms with Gasteiger partial charge in [-0.25, -0.2) is 8.78 Å². The number of amides is 2. The first kappa shape index (κ1) is 19.8. The molecule has 29 heavy (non-hydrogen) atoms. The Bertz CT molecular complexity index is 935. The molecule has 0 saturated carbocycles. The van der Waals surface area contributed by atoms with Gasteiger partial charge in [-0.2, -0.15) is 0 Å². The molecule has 7 heteroatoms. The number of carbonyl (C=O) groups is 2. The van der Waals surface area contributed by atoms with E-state index in [1.165, 1.54) is 4.90 Å². The normalized spacial score (nSPS) is 21.6. The quantitative estimate of drug-likeness (QED) is 0.682. The zero-order chi connectivity index (χ0) is 20.5. The van der Waals surface area contributed by atoms with E-state index in [0.29, 0.717) is 37.5 Å². The van der Waals surface area contributed by atoms with Gasteiger partial charge in [-0.1, -0.05) is 23.7 Å². The lowest BCUT2D eigenvalue weighted by Crippen LogP contribution is -2.44. The zero-order valence-corrected chi connectivity index (χ0v) is 16.5. The van der Waals surface area contributed by atoms with Gasteiger partial charge in [0, 0.05) is 36.1 Å². The minimum atomic E-state index is -0.645. The van der Waals surface area contributed by atoms with Crippen LogP contribution in [0.1, 0.15) is 42.3 Å². The number of hydrogen-bond acceptors (Lipinski definition) is 2. The highest BCUT2D eigenvalue weighted by Gasteiger charge is 2.38. The van der Waals surface area contributed by atoms with Crippen LogP contribution in [0.15, 0.2) is 42.5 Å². The van der Waals surface area contributed by atoms with E-state index < -0.39 is 29.5 Å². The molecule has 0 N–H and O–H groups in total. The van der Waals surface area contributed by atoms with Crippen molar-refractivity contribution in [3.05, 3.63) is 70.2 Å². The van der Waals surface area contributed by atoms with Crippen molar-refractivity contribution in [2.45, 2.75) is 31.2 Å². The van der Waals surface area contributed by atoms with E-state index in [4.69, 9.17) is 11.6 Å². The average Bonchev–Trinajstić information content (AvgIpc) is 3.39. The second kappa shape index (κ2) is 8.11. The number of benzene rings is 2. The van der Waals surface area contributed by atoms with Gasteiger partial charge in [-0.3, -0.25) is 9.59 Å². The lowest BCUT2D eigenvalue weighted by Gasteiger charge is -2.27. The number of halogens is 3. The topological polar surface area (TPSA) is 40.6 Å². The summed E-state index contributed by atoms with van der Waals surface area (Å²) in [6.07, 6.45) is 1.92. The van der Waals surface area contributed by atoms with E-state index in [1.807, 2.05) is 24.3 Å². The van der Waals surface area contributed by atoms with Crippen molar-refractivity contribution in [1.82, 2.24) is 9.80 Å². The predicted octanol–water partition coefficient (Wildman–Crippen LogP) is 4.30. The van der Waals surface area contributed by atoms with Crippen molar-refractivity contribution >= 4 is 23.4 Å². The molecular formula is C22H21ClF2N2O2. The van der Waals surface area contributed by atoms with Crippen LogP contribution in [0.3, 0.4) is 0 Å². The summed E-state index contributed by atoms with van der Waals surface area (Å²) < 4.78 is 27.8. The highest BCUT2D eigenvalue weighted by Crippen LogP contribution is 2.35. The largest absolute Gasteiger partial charge is 0.334 e. The highest BCUT2D eigenvalue weighted by molar-refractivity contribution is 6.35. The van der Waals surface area contributed by atoms with Crippen LogP contribution in [0, 0.1) is 11.6 Å². The second-order valence-electron chi connectivity index (χ2n) is 7.61. The minimum absolute atomic E-state index is 0.129. The lowest BCUT2D eigenvalue weighted by molar-refractivity contribution is -0.151. The SMILES string of the molecule is O=C(C(=O)N1CCCC1c1cc(F)ccc1F)N1CCC(c2ccc(Cl)cc2)C1. The standard InChI is InChI=1S/C22H21ClF2N2O2/c23-16-5-3-14(4-6-16)15-9-11-26(13-15)21(28)22(29)27-10-1-2-20(27)18-12-17(24)7-8-19(18)25/h3-8,12,15,20H,1-2,9-11,13H2. The summed E-state index contributed by atoms with van der Waals surface area (Å²) in [4.78, 5) is 28.7. The number of carbonyl (C=O) groups excluding carboxylic acids is 2. The van der Waals surface area contributed by atoms with E-state index in [1.54, 1.807) is 4.90 Å². The molecule has 2 heterocycles. The maximum absolute atomic E-state index is 14.2. The first-order valence-corrected chi connectivity index (χ1v) is 10.1. The number of hydrogen-bond donors (Lipinski definition) is 0. The Kier molecular flexibility index (Phi) is 5.54. The first-order chi connectivity index (χ1) is 13.9. The number of nitrogens with zero attached hydrogens (tertiary/aromatic N) is 2. The van der Waals surface area contributed by atoms with Gasteiger partial charge in [-0.15, -0.1) is 0 Å². The molecule has 0 spiro atoms. The summed E-state index contributed by atoms with van der Waals surface area (Å²) in [5.74, 6) is -2.19. The first-order valence-electron chi connectivity index (χ1n) is 9.74. The van der Waals surface area contributed by atoms with Crippen LogP contribution in [0.25, 0.3) is 0 Å². The van der Waals surface area contributed by atoms with Crippen molar-refractivity contribution < 1.29 is 18.4 Å². The Balaban J connectivity index is 1.47. The lowest BCUT2D eigenvalue weighted by atomic mass is 9.99. The third-order valence-electron chi connectivity index (χ3n) is 5.83. The van der Waals surface area contributed by atoms with Crippen LogP contribution in [0.4, 0.5) is 8.78 Å². The van der Waals surface area contributed by atoms with E-state index in [-0.39, 0.29) is 11.5 Å². The Labute approximate surface area is 173 Å². The van der Waals surface area contributed by atoms with Gasteiger partial charge in [0.15, 0.2) is 0 Å². The molecule has 152 valence electrons. The van der Waals surface area contributed by atoms with E-state index in [9.17, 15) is 18.4 Å². The molecular weight excluding hydrogens is 398 g/mol. The fourth-order valence-corrected chi connectivity index (χ4v) is 4.44. The predicted molar refractivity (Wildman–Crippen MR) is 105 cm³/mol. The molecule has 2 atom stereocenters. The maximum atomic E-state index is 14.2. The van der Waals surface area contributed by atoms with E-state index in [2.05, 4.69) is 0 Å². The smallest absolute Gasteiger partial charge is 0.312 e. The Morgan fingerprint density at radius 1 is 0.966 bits per heavy atom. The Morgan fingerprint density at radius 2 is 1.72 bits per heavy atom. The molecule has 2 aromatic rings. The average molecular weight is 419 g/mol. The number of likely N-dealkylation sites (tertiary alicyclic amines) is 2. The molecule has 2 aliphatic heterocycles. The van der Waals surface area contributed by atoms with Crippen molar-refractivity contribution in [3.8, 4) is 0 Å². The van der Waals surface area contributed by atoms with Crippen LogP contribution in [0.5, 0.6) is 0 Å². The third kappa shape index (κ3) is 3.99. The molecule has 0 aromatic heterocycles. The summed E-state index contributed by atoms with van der Waals surface area (Å²) in [5.41, 5.74) is 1.21. The molecule has 2 aromatic carbocycles. The van der Waals surface area contributed by atoms with Crippen LogP contribution < -0.4 is 0 Å². The van der Waals surface area contributed by atoms with Gasteiger partial charge < -0.3 is 9.80 Å². The van der Waals surface area contributed by atoms with Crippen molar-refractivity contribution in [1.29, 1.82) is 0 Å². The van der Waals surface area contributed by atoms with Crippen molar-refractivity contribution in [2.24, 2.45) is 0 Å². The fraction of sp³-hybridized carbons (Fsp3) is 0.364. The monoisotopic (exact) mass is 418 g/mol. The molecule has 2 fully saturated rings. The van der Waals surface area contributed by atoms with Crippen LogP contribution in [0.2, 0.25) is 5.02 Å². The molecule has 4 rings (SSSR count). The fourth-order valence-electron chi connectivity index (χ4n) is 4.31. The molecule has 2 saturated heterocycles.